The first-order valence-electron chi connectivity index (χ1n) is 4.26. The topological polar surface area (TPSA) is 9.23 Å². The van der Waals surface area contributed by atoms with Gasteiger partial charge in [0.05, 0.1) is 0 Å². The first-order valence-corrected chi connectivity index (χ1v) is 7.38. The van der Waals surface area contributed by atoms with Crippen molar-refractivity contribution in [2.24, 2.45) is 0 Å². The highest BCUT2D eigenvalue weighted by atomic mass is 28.4. The Kier molecular flexibility index (Phi) is 9.34. The molecular formula is C8H22OSi. The predicted molar refractivity (Wildman–Crippen MR) is 50.9 cm³/mol. The molecule has 0 aliphatic carbocycles. The average Bonchev–Trinajstić information content (AvgIpc) is 1.93. The number of rotatable bonds is 3. The highest BCUT2D eigenvalue weighted by Gasteiger charge is 2.17. The maximum absolute atomic E-state index is 5.52. The van der Waals surface area contributed by atoms with E-state index >= 15 is 0 Å². The zero-order valence-electron chi connectivity index (χ0n) is 8.32. The van der Waals surface area contributed by atoms with Gasteiger partial charge in [0.15, 0.2) is 8.32 Å². The summed E-state index contributed by atoms with van der Waals surface area (Å²) in [7, 11) is -1.18. The van der Waals surface area contributed by atoms with Crippen molar-refractivity contribution >= 4 is 8.32 Å². The Morgan fingerprint density at radius 3 is 1.60 bits per heavy atom. The van der Waals surface area contributed by atoms with Gasteiger partial charge in [-0.1, -0.05) is 20.8 Å². The molecule has 0 fully saturated rings. The zero-order chi connectivity index (χ0) is 8.62. The maximum Gasteiger partial charge on any atom is 0.186 e. The first kappa shape index (κ1) is 12.8. The molecule has 0 atom stereocenters. The van der Waals surface area contributed by atoms with Gasteiger partial charge in [0, 0.05) is 6.61 Å². The molecule has 0 rings (SSSR count). The molecule has 64 valence electrons. The summed E-state index contributed by atoms with van der Waals surface area (Å²) in [6, 6.07) is 1.22. The van der Waals surface area contributed by atoms with Gasteiger partial charge in [0.2, 0.25) is 0 Å². The van der Waals surface area contributed by atoms with Crippen molar-refractivity contribution in [3.8, 4) is 0 Å². The van der Waals surface area contributed by atoms with Crippen LogP contribution in [-0.2, 0) is 4.43 Å². The third-order valence-electron chi connectivity index (χ3n) is 1.39. The van der Waals surface area contributed by atoms with Crippen LogP contribution >= 0.6 is 0 Å². The predicted octanol–water partition coefficient (Wildman–Crippen LogP) is 3.27. The minimum atomic E-state index is -1.18. The number of hydrogen-bond acceptors (Lipinski definition) is 1. The summed E-state index contributed by atoms with van der Waals surface area (Å²) >= 11 is 0. The third-order valence-corrected chi connectivity index (χ3v) is 4.16. The van der Waals surface area contributed by atoms with Gasteiger partial charge in [-0.15, -0.1) is 0 Å². The van der Waals surface area contributed by atoms with E-state index in [9.17, 15) is 0 Å². The van der Waals surface area contributed by atoms with E-state index in [1.165, 1.54) is 6.04 Å². The van der Waals surface area contributed by atoms with E-state index in [0.717, 1.165) is 6.61 Å². The largest absolute Gasteiger partial charge is 0.418 e. The fourth-order valence-corrected chi connectivity index (χ4v) is 1.48. The van der Waals surface area contributed by atoms with Gasteiger partial charge in [0.25, 0.3) is 0 Å². The van der Waals surface area contributed by atoms with E-state index in [4.69, 9.17) is 4.43 Å². The van der Waals surface area contributed by atoms with Crippen molar-refractivity contribution in [3.05, 3.63) is 0 Å². The molecule has 0 spiro atoms. The molecule has 0 unspecified atom stereocenters. The maximum atomic E-state index is 5.52. The van der Waals surface area contributed by atoms with Crippen molar-refractivity contribution in [1.29, 1.82) is 0 Å². The van der Waals surface area contributed by atoms with E-state index in [2.05, 4.69) is 26.9 Å². The third kappa shape index (κ3) is 8.18. The van der Waals surface area contributed by atoms with Crippen LogP contribution in [0.4, 0.5) is 0 Å². The summed E-state index contributed by atoms with van der Waals surface area (Å²) in [6.07, 6.45) is 0. The van der Waals surface area contributed by atoms with Crippen molar-refractivity contribution in [1.82, 2.24) is 0 Å². The SMILES string of the molecule is CC.CCO[Si](C)(C)CC. The minimum absolute atomic E-state index is 0.882. The second-order valence-electron chi connectivity index (χ2n) is 2.55. The highest BCUT2D eigenvalue weighted by molar-refractivity contribution is 6.71. The molecule has 0 aromatic heterocycles. The Hall–Kier alpha value is 0.177. The lowest BCUT2D eigenvalue weighted by Crippen LogP contribution is -2.28. The molecule has 0 saturated heterocycles. The lowest BCUT2D eigenvalue weighted by molar-refractivity contribution is 0.330. The van der Waals surface area contributed by atoms with Gasteiger partial charge >= 0.3 is 0 Å². The second-order valence-corrected chi connectivity index (χ2v) is 7.06. The fraction of sp³-hybridized carbons (Fsp3) is 1.00. The molecule has 2 heteroatoms. The van der Waals surface area contributed by atoms with Crippen molar-refractivity contribution in [2.45, 2.75) is 46.8 Å². The molecule has 0 aliphatic rings. The van der Waals surface area contributed by atoms with Crippen LogP contribution in [0.2, 0.25) is 19.1 Å². The van der Waals surface area contributed by atoms with Crippen molar-refractivity contribution in [3.63, 3.8) is 0 Å². The van der Waals surface area contributed by atoms with E-state index < -0.39 is 8.32 Å². The molecule has 10 heavy (non-hydrogen) atoms. The van der Waals surface area contributed by atoms with Crippen LogP contribution in [0, 0.1) is 0 Å². The summed E-state index contributed by atoms with van der Waals surface area (Å²) in [5.74, 6) is 0. The molecular weight excluding hydrogens is 140 g/mol. The van der Waals surface area contributed by atoms with Gasteiger partial charge in [-0.3, -0.25) is 0 Å². The van der Waals surface area contributed by atoms with Crippen molar-refractivity contribution < 1.29 is 4.43 Å². The molecule has 1 nitrogen and oxygen atoms in total. The molecule has 0 N–H and O–H groups in total. The molecule has 0 bridgehead atoms. The Labute approximate surface area is 66.9 Å². The summed E-state index contributed by atoms with van der Waals surface area (Å²) in [4.78, 5) is 0. The minimum Gasteiger partial charge on any atom is -0.418 e. The average molecular weight is 162 g/mol. The van der Waals surface area contributed by atoms with E-state index in [1.807, 2.05) is 13.8 Å². The molecule has 0 radical (unpaired) electrons. The van der Waals surface area contributed by atoms with Crippen LogP contribution in [-0.4, -0.2) is 14.9 Å². The zero-order valence-corrected chi connectivity index (χ0v) is 9.32. The van der Waals surface area contributed by atoms with Crippen molar-refractivity contribution in [2.75, 3.05) is 6.61 Å². The molecule has 0 amide bonds. The fourth-order valence-electron chi connectivity index (χ4n) is 0.493. The molecule has 0 saturated carbocycles. The van der Waals surface area contributed by atoms with Crippen LogP contribution in [0.3, 0.4) is 0 Å². The van der Waals surface area contributed by atoms with Crippen LogP contribution in [0.25, 0.3) is 0 Å². The van der Waals surface area contributed by atoms with E-state index in [0.29, 0.717) is 0 Å². The van der Waals surface area contributed by atoms with E-state index in [1.54, 1.807) is 0 Å². The van der Waals surface area contributed by atoms with E-state index in [-0.39, 0.29) is 0 Å². The summed E-state index contributed by atoms with van der Waals surface area (Å²) < 4.78 is 5.52. The van der Waals surface area contributed by atoms with Crippen LogP contribution in [0.1, 0.15) is 27.7 Å². The van der Waals surface area contributed by atoms with Gasteiger partial charge in [-0.25, -0.2) is 0 Å². The highest BCUT2D eigenvalue weighted by Crippen LogP contribution is 2.08. The lowest BCUT2D eigenvalue weighted by Gasteiger charge is -2.18. The Morgan fingerprint density at radius 1 is 1.10 bits per heavy atom. The number of hydrogen-bond donors (Lipinski definition) is 0. The standard InChI is InChI=1S/C6H16OSi.C2H6/c1-5-7-8(3,4)6-2;1-2/h5-6H2,1-4H3;1-2H3. The monoisotopic (exact) mass is 162 g/mol. The lowest BCUT2D eigenvalue weighted by atomic mass is 10.9. The Balaban J connectivity index is 0. The second kappa shape index (κ2) is 7.29. The molecule has 0 aromatic carbocycles. The normalized spacial score (nSPS) is 10.2. The summed E-state index contributed by atoms with van der Waals surface area (Å²) in [5.41, 5.74) is 0. The molecule has 0 aromatic rings. The Morgan fingerprint density at radius 2 is 1.50 bits per heavy atom. The van der Waals surface area contributed by atoms with Crippen LogP contribution in [0.5, 0.6) is 0 Å². The van der Waals surface area contributed by atoms with Gasteiger partial charge in [-0.05, 0) is 26.1 Å². The first-order chi connectivity index (χ1) is 4.62. The van der Waals surface area contributed by atoms with Crippen LogP contribution in [0.15, 0.2) is 0 Å². The van der Waals surface area contributed by atoms with Crippen LogP contribution < -0.4 is 0 Å². The Bertz CT molecular complexity index is 62.3. The van der Waals surface area contributed by atoms with Gasteiger partial charge < -0.3 is 4.43 Å². The molecule has 0 aliphatic heterocycles. The van der Waals surface area contributed by atoms with Gasteiger partial charge in [-0.2, -0.15) is 0 Å². The summed E-state index contributed by atoms with van der Waals surface area (Å²) in [5, 5.41) is 0. The summed E-state index contributed by atoms with van der Waals surface area (Å²) in [6.45, 7) is 13.6. The smallest absolute Gasteiger partial charge is 0.186 e. The van der Waals surface area contributed by atoms with Gasteiger partial charge in [0.1, 0.15) is 0 Å². The quantitative estimate of drug-likeness (QED) is 0.579. The molecule has 0 heterocycles.